The Morgan fingerprint density at radius 2 is 2.00 bits per heavy atom. The number of ether oxygens (including phenoxy) is 1. The molecule has 0 amide bonds. The molecule has 2 rings (SSSR count). The van der Waals surface area contributed by atoms with Crippen molar-refractivity contribution in [3.05, 3.63) is 35.4 Å². The molecule has 1 N–H and O–H groups in total. The first-order valence-corrected chi connectivity index (χ1v) is 7.90. The fourth-order valence-electron chi connectivity index (χ4n) is 2.74. The van der Waals surface area contributed by atoms with Crippen LogP contribution >= 0.6 is 0 Å². The summed E-state index contributed by atoms with van der Waals surface area (Å²) in [4.78, 5) is 4.79. The highest BCUT2D eigenvalue weighted by atomic mass is 16.5. The average Bonchev–Trinajstić information content (AvgIpc) is 2.48. The highest BCUT2D eigenvalue weighted by molar-refractivity contribution is 5.25. The van der Waals surface area contributed by atoms with Gasteiger partial charge in [-0.25, -0.2) is 0 Å². The van der Waals surface area contributed by atoms with Crippen molar-refractivity contribution in [2.45, 2.75) is 26.5 Å². The Balaban J connectivity index is 1.89. The second-order valence-corrected chi connectivity index (χ2v) is 5.96. The topological polar surface area (TPSA) is 35.9 Å². The summed E-state index contributed by atoms with van der Waals surface area (Å²) in [6.45, 7) is 11.4. The zero-order chi connectivity index (χ0) is 15.1. The molecule has 0 bridgehead atoms. The summed E-state index contributed by atoms with van der Waals surface area (Å²) in [5.41, 5.74) is 2.67. The first-order valence-electron chi connectivity index (χ1n) is 7.90. The maximum atomic E-state index is 9.73. The standard InChI is InChI=1S/C17H28N2O2/c1-15-5-3-4-6-17(15)14-19(13-16(2)20)8-7-18-9-11-21-12-10-18/h3-6,16,20H,7-14H2,1-2H3. The van der Waals surface area contributed by atoms with Crippen LogP contribution in [0.4, 0.5) is 0 Å². The number of benzene rings is 1. The average molecular weight is 292 g/mol. The lowest BCUT2D eigenvalue weighted by molar-refractivity contribution is 0.0299. The van der Waals surface area contributed by atoms with E-state index in [0.29, 0.717) is 0 Å². The van der Waals surface area contributed by atoms with Gasteiger partial charge in [0, 0.05) is 39.3 Å². The summed E-state index contributed by atoms with van der Waals surface area (Å²) in [5.74, 6) is 0. The summed E-state index contributed by atoms with van der Waals surface area (Å²) in [7, 11) is 0. The maximum Gasteiger partial charge on any atom is 0.0639 e. The van der Waals surface area contributed by atoms with Gasteiger partial charge in [0.1, 0.15) is 0 Å². The van der Waals surface area contributed by atoms with E-state index in [0.717, 1.165) is 52.5 Å². The normalized spacial score (nSPS) is 18.1. The zero-order valence-corrected chi connectivity index (χ0v) is 13.3. The van der Waals surface area contributed by atoms with E-state index in [1.54, 1.807) is 0 Å². The van der Waals surface area contributed by atoms with Crippen molar-refractivity contribution in [2.24, 2.45) is 0 Å². The number of hydrogen-bond acceptors (Lipinski definition) is 4. The van der Waals surface area contributed by atoms with Crippen LogP contribution in [-0.4, -0.2) is 66.9 Å². The van der Waals surface area contributed by atoms with Crippen molar-refractivity contribution in [2.75, 3.05) is 45.9 Å². The third-order valence-electron chi connectivity index (χ3n) is 4.01. The Bertz CT molecular complexity index is 417. The molecule has 0 aliphatic carbocycles. The summed E-state index contributed by atoms with van der Waals surface area (Å²) in [6.07, 6.45) is -0.293. The Labute approximate surface area is 128 Å². The molecule has 1 saturated heterocycles. The molecule has 4 heteroatoms. The first kappa shape index (κ1) is 16.4. The number of rotatable bonds is 7. The SMILES string of the molecule is Cc1ccccc1CN(CCN1CCOCC1)CC(C)O. The van der Waals surface area contributed by atoms with Crippen LogP contribution in [0.2, 0.25) is 0 Å². The lowest BCUT2D eigenvalue weighted by Gasteiger charge is -2.30. The van der Waals surface area contributed by atoms with Crippen LogP contribution in [-0.2, 0) is 11.3 Å². The Morgan fingerprint density at radius 1 is 1.29 bits per heavy atom. The molecule has 0 saturated carbocycles. The van der Waals surface area contributed by atoms with Gasteiger partial charge in [-0.15, -0.1) is 0 Å². The minimum absolute atomic E-state index is 0.293. The van der Waals surface area contributed by atoms with E-state index < -0.39 is 0 Å². The van der Waals surface area contributed by atoms with Gasteiger partial charge in [-0.2, -0.15) is 0 Å². The molecule has 1 unspecified atom stereocenters. The minimum atomic E-state index is -0.293. The van der Waals surface area contributed by atoms with Crippen LogP contribution in [0.25, 0.3) is 0 Å². The zero-order valence-electron chi connectivity index (χ0n) is 13.3. The molecule has 0 spiro atoms. The highest BCUT2D eigenvalue weighted by Gasteiger charge is 2.14. The van der Waals surface area contributed by atoms with Gasteiger partial charge < -0.3 is 9.84 Å². The Hall–Kier alpha value is -0.940. The number of aliphatic hydroxyl groups excluding tert-OH is 1. The second kappa shape index (κ2) is 8.49. The molecule has 0 aromatic heterocycles. The molecule has 1 fully saturated rings. The van der Waals surface area contributed by atoms with Gasteiger partial charge in [0.15, 0.2) is 0 Å². The molecule has 1 aromatic rings. The molecule has 1 heterocycles. The first-order chi connectivity index (χ1) is 10.1. The molecule has 0 radical (unpaired) electrons. The molecule has 4 nitrogen and oxygen atoms in total. The van der Waals surface area contributed by atoms with Crippen LogP contribution in [0.1, 0.15) is 18.1 Å². The molecule has 1 aliphatic heterocycles. The molecule has 1 atom stereocenters. The van der Waals surface area contributed by atoms with E-state index in [1.165, 1.54) is 11.1 Å². The van der Waals surface area contributed by atoms with Crippen molar-refractivity contribution >= 4 is 0 Å². The summed E-state index contributed by atoms with van der Waals surface area (Å²) in [5, 5.41) is 9.73. The predicted octanol–water partition coefficient (Wildman–Crippen LogP) is 1.51. The van der Waals surface area contributed by atoms with Gasteiger partial charge in [-0.05, 0) is 25.0 Å². The van der Waals surface area contributed by atoms with E-state index in [-0.39, 0.29) is 6.10 Å². The number of nitrogens with zero attached hydrogens (tertiary/aromatic N) is 2. The number of morpholine rings is 1. The Morgan fingerprint density at radius 3 is 2.67 bits per heavy atom. The van der Waals surface area contributed by atoms with Crippen molar-refractivity contribution < 1.29 is 9.84 Å². The van der Waals surface area contributed by atoms with Crippen LogP contribution in [0.5, 0.6) is 0 Å². The van der Waals surface area contributed by atoms with Gasteiger partial charge >= 0.3 is 0 Å². The second-order valence-electron chi connectivity index (χ2n) is 5.96. The van der Waals surface area contributed by atoms with E-state index in [9.17, 15) is 5.11 Å². The molecular weight excluding hydrogens is 264 g/mol. The van der Waals surface area contributed by atoms with Crippen molar-refractivity contribution in [1.82, 2.24) is 9.80 Å². The van der Waals surface area contributed by atoms with Gasteiger partial charge in [0.25, 0.3) is 0 Å². The number of hydrogen-bond donors (Lipinski definition) is 1. The summed E-state index contributed by atoms with van der Waals surface area (Å²) < 4.78 is 5.39. The quantitative estimate of drug-likeness (QED) is 0.826. The lowest BCUT2D eigenvalue weighted by Crippen LogP contribution is -2.42. The largest absolute Gasteiger partial charge is 0.392 e. The fraction of sp³-hybridized carbons (Fsp3) is 0.647. The number of aryl methyl sites for hydroxylation is 1. The van der Waals surface area contributed by atoms with E-state index >= 15 is 0 Å². The van der Waals surface area contributed by atoms with Gasteiger partial charge in [-0.1, -0.05) is 24.3 Å². The van der Waals surface area contributed by atoms with E-state index in [1.807, 2.05) is 6.92 Å². The van der Waals surface area contributed by atoms with E-state index in [4.69, 9.17) is 4.74 Å². The molecule has 1 aliphatic rings. The van der Waals surface area contributed by atoms with Crippen molar-refractivity contribution in [3.63, 3.8) is 0 Å². The third-order valence-corrected chi connectivity index (χ3v) is 4.01. The lowest BCUT2D eigenvalue weighted by atomic mass is 10.1. The maximum absolute atomic E-state index is 9.73. The van der Waals surface area contributed by atoms with Gasteiger partial charge in [0.05, 0.1) is 19.3 Å². The third kappa shape index (κ3) is 5.75. The predicted molar refractivity (Wildman–Crippen MR) is 85.4 cm³/mol. The van der Waals surface area contributed by atoms with Gasteiger partial charge in [-0.3, -0.25) is 9.80 Å². The van der Waals surface area contributed by atoms with E-state index in [2.05, 4.69) is 41.0 Å². The smallest absolute Gasteiger partial charge is 0.0639 e. The molecule has 1 aromatic carbocycles. The number of aliphatic hydroxyl groups is 1. The summed E-state index contributed by atoms with van der Waals surface area (Å²) in [6, 6.07) is 8.49. The minimum Gasteiger partial charge on any atom is -0.392 e. The molecular formula is C17H28N2O2. The van der Waals surface area contributed by atoms with Gasteiger partial charge in [0.2, 0.25) is 0 Å². The van der Waals surface area contributed by atoms with Crippen LogP contribution in [0.15, 0.2) is 24.3 Å². The molecule has 21 heavy (non-hydrogen) atoms. The van der Waals surface area contributed by atoms with Crippen LogP contribution < -0.4 is 0 Å². The van der Waals surface area contributed by atoms with Crippen LogP contribution in [0.3, 0.4) is 0 Å². The van der Waals surface area contributed by atoms with Crippen LogP contribution in [0, 0.1) is 6.92 Å². The Kier molecular flexibility index (Phi) is 6.64. The van der Waals surface area contributed by atoms with Crippen molar-refractivity contribution in [1.29, 1.82) is 0 Å². The fourth-order valence-corrected chi connectivity index (χ4v) is 2.74. The monoisotopic (exact) mass is 292 g/mol. The van der Waals surface area contributed by atoms with Crippen molar-refractivity contribution in [3.8, 4) is 0 Å². The summed E-state index contributed by atoms with van der Waals surface area (Å²) >= 11 is 0. The molecule has 118 valence electrons. The highest BCUT2D eigenvalue weighted by Crippen LogP contribution is 2.11.